The molecule has 4 aromatic rings. The lowest BCUT2D eigenvalue weighted by atomic mass is 10.1. The Morgan fingerprint density at radius 1 is 1.07 bits per heavy atom. The third-order valence-electron chi connectivity index (χ3n) is 6.75. The average Bonchev–Trinajstić information content (AvgIpc) is 3.30. The van der Waals surface area contributed by atoms with Crippen LogP contribution < -0.4 is 15.8 Å². The number of imide groups is 1. The Bertz CT molecular complexity index is 1830. The number of hydrogen-bond donors (Lipinski definition) is 2. The van der Waals surface area contributed by atoms with Gasteiger partial charge in [-0.15, -0.1) is 0 Å². The smallest absolute Gasteiger partial charge is 0.417 e. The molecule has 2 aromatic heterocycles. The maximum atomic E-state index is 13.3. The van der Waals surface area contributed by atoms with Crippen LogP contribution in [-0.2, 0) is 18.2 Å². The molecule has 11 heteroatoms. The maximum absolute atomic E-state index is 13.3. The Morgan fingerprint density at radius 3 is 2.55 bits per heavy atom. The van der Waals surface area contributed by atoms with Crippen LogP contribution in [-0.4, -0.2) is 49.7 Å². The van der Waals surface area contributed by atoms with E-state index in [0.717, 1.165) is 16.2 Å². The molecule has 0 spiro atoms. The highest BCUT2D eigenvalue weighted by molar-refractivity contribution is 6.05. The molecule has 0 radical (unpaired) electrons. The van der Waals surface area contributed by atoms with E-state index in [2.05, 4.69) is 27.1 Å². The Morgan fingerprint density at radius 2 is 1.82 bits per heavy atom. The van der Waals surface area contributed by atoms with Crippen LogP contribution in [0.25, 0.3) is 11.4 Å². The molecule has 44 heavy (non-hydrogen) atoms. The lowest BCUT2D eigenvalue weighted by Crippen LogP contribution is -2.44. The van der Waals surface area contributed by atoms with Gasteiger partial charge in [-0.05, 0) is 64.1 Å². The van der Waals surface area contributed by atoms with Crippen molar-refractivity contribution in [3.8, 4) is 29.0 Å². The molecule has 0 fully saturated rings. The van der Waals surface area contributed by atoms with Crippen molar-refractivity contribution >= 4 is 29.7 Å². The highest BCUT2D eigenvalue weighted by atomic mass is 16.6. The van der Waals surface area contributed by atoms with Crippen molar-refractivity contribution in [1.29, 1.82) is 0 Å². The number of nitrogen functional groups attached to an aromatic ring is 1. The zero-order valence-electron chi connectivity index (χ0n) is 25.1. The number of anilines is 2. The van der Waals surface area contributed by atoms with Crippen molar-refractivity contribution < 1.29 is 23.9 Å². The second-order valence-corrected chi connectivity index (χ2v) is 11.3. The second-order valence-electron chi connectivity index (χ2n) is 11.3. The summed E-state index contributed by atoms with van der Waals surface area (Å²) in [5.41, 5.74) is 10.1. The molecular weight excluding hydrogens is 560 g/mol. The summed E-state index contributed by atoms with van der Waals surface area (Å²) >= 11 is 0. The van der Waals surface area contributed by atoms with Crippen molar-refractivity contribution in [3.05, 3.63) is 88.7 Å². The van der Waals surface area contributed by atoms with Crippen molar-refractivity contribution in [2.75, 3.05) is 17.6 Å². The van der Waals surface area contributed by atoms with Gasteiger partial charge in [-0.25, -0.2) is 24.5 Å². The molecule has 11 nitrogen and oxygen atoms in total. The number of ether oxygens (including phenoxy) is 2. The van der Waals surface area contributed by atoms with Gasteiger partial charge in [-0.2, -0.15) is 0 Å². The summed E-state index contributed by atoms with van der Waals surface area (Å²) in [6.45, 7) is 7.40. The summed E-state index contributed by atoms with van der Waals surface area (Å²) in [6, 6.07) is 15.8. The first-order valence-corrected chi connectivity index (χ1v) is 13.9. The van der Waals surface area contributed by atoms with Crippen molar-refractivity contribution in [1.82, 2.24) is 19.4 Å². The lowest BCUT2D eigenvalue weighted by molar-refractivity contribution is 0.0232. The van der Waals surface area contributed by atoms with Gasteiger partial charge in [0.2, 0.25) is 5.95 Å². The molecule has 0 bridgehead atoms. The average molecular weight is 593 g/mol. The number of benzene rings is 2. The lowest BCUT2D eigenvalue weighted by Gasteiger charge is -2.28. The molecule has 3 heterocycles. The van der Waals surface area contributed by atoms with E-state index in [-0.39, 0.29) is 12.5 Å². The van der Waals surface area contributed by atoms with E-state index in [1.807, 2.05) is 30.7 Å². The number of carbonyl (C=O) groups is 3. The van der Waals surface area contributed by atoms with Crippen molar-refractivity contribution in [2.24, 2.45) is 7.05 Å². The van der Waals surface area contributed by atoms with Crippen LogP contribution in [0.5, 0.6) is 5.75 Å². The molecule has 0 saturated carbocycles. The molecule has 0 atom stereocenters. The summed E-state index contributed by atoms with van der Waals surface area (Å²) in [4.78, 5) is 48.1. The van der Waals surface area contributed by atoms with Gasteiger partial charge in [0.25, 0.3) is 5.91 Å². The first-order valence-electron chi connectivity index (χ1n) is 13.9. The number of nitrogens with two attached hydrogens (primary N) is 1. The topological polar surface area (TPSA) is 142 Å². The Labute approximate surface area is 255 Å². The van der Waals surface area contributed by atoms with Crippen molar-refractivity contribution in [3.63, 3.8) is 0 Å². The first kappa shape index (κ1) is 29.8. The van der Waals surface area contributed by atoms with E-state index in [1.54, 1.807) is 63.2 Å². The molecule has 1 aliphatic heterocycles. The SMILES string of the molecule is Cc1ccc(OC(=O)Nc2cccc(C#Cc3cnc(N)nc3-c3cc4c(n3C)CCN(C(=O)OC(C)(C)C)C4=O)c2)cc1. The van der Waals surface area contributed by atoms with Crippen LogP contribution >= 0.6 is 0 Å². The molecule has 3 amide bonds. The maximum Gasteiger partial charge on any atom is 0.417 e. The molecule has 0 saturated heterocycles. The number of aromatic nitrogens is 3. The van der Waals surface area contributed by atoms with Crippen molar-refractivity contribution in [2.45, 2.75) is 39.7 Å². The monoisotopic (exact) mass is 592 g/mol. The summed E-state index contributed by atoms with van der Waals surface area (Å²) in [7, 11) is 1.82. The predicted molar refractivity (Wildman–Crippen MR) is 165 cm³/mol. The molecule has 5 rings (SSSR count). The van der Waals surface area contributed by atoms with Gasteiger partial charge in [0.15, 0.2) is 0 Å². The van der Waals surface area contributed by atoms with E-state index in [9.17, 15) is 14.4 Å². The molecular formula is C33H32N6O5. The number of rotatable bonds is 3. The predicted octanol–water partition coefficient (Wildman–Crippen LogP) is 5.32. The second kappa shape index (κ2) is 11.9. The molecule has 224 valence electrons. The van der Waals surface area contributed by atoms with Gasteiger partial charge < -0.3 is 19.8 Å². The van der Waals surface area contributed by atoms with E-state index in [4.69, 9.17) is 15.2 Å². The first-order chi connectivity index (χ1) is 20.9. The standard InChI is InChI=1S/C33H32N6O5/c1-20-9-13-24(14-10-20)43-31(41)36-23-8-6-7-21(17-23)11-12-22-19-35-30(34)37-28(22)27-18-25-26(38(27)5)15-16-39(29(25)40)32(42)44-33(2,3)4/h6-10,13-14,17-19H,15-16H2,1-5H3,(H,36,41)(H2,34,35,37). The molecule has 0 unspecified atom stereocenters. The van der Waals surface area contributed by atoms with Crippen LogP contribution in [0.15, 0.2) is 60.8 Å². The summed E-state index contributed by atoms with van der Waals surface area (Å²) < 4.78 is 12.6. The van der Waals surface area contributed by atoms with Crippen LogP contribution in [0.2, 0.25) is 0 Å². The van der Waals surface area contributed by atoms with E-state index in [1.165, 1.54) is 6.20 Å². The summed E-state index contributed by atoms with van der Waals surface area (Å²) in [5, 5.41) is 2.71. The number of carbonyl (C=O) groups excluding carboxylic acids is 3. The summed E-state index contributed by atoms with van der Waals surface area (Å²) in [6.07, 6.45) is 0.661. The Balaban J connectivity index is 1.39. The highest BCUT2D eigenvalue weighted by Crippen LogP contribution is 2.30. The van der Waals surface area contributed by atoms with Gasteiger partial charge in [0.1, 0.15) is 17.0 Å². The van der Waals surface area contributed by atoms with Gasteiger partial charge >= 0.3 is 12.2 Å². The van der Waals surface area contributed by atoms with Gasteiger partial charge in [0.05, 0.1) is 16.8 Å². The molecule has 1 aliphatic rings. The van der Waals surface area contributed by atoms with Crippen LogP contribution in [0.1, 0.15) is 53.5 Å². The number of fused-ring (bicyclic) bond motifs is 1. The number of hydrogen-bond acceptors (Lipinski definition) is 8. The number of nitrogens with zero attached hydrogens (tertiary/aromatic N) is 4. The van der Waals surface area contributed by atoms with Gasteiger partial charge in [-0.1, -0.05) is 35.6 Å². The van der Waals surface area contributed by atoms with E-state index < -0.39 is 23.7 Å². The van der Waals surface area contributed by atoms with Crippen LogP contribution in [0.4, 0.5) is 21.2 Å². The van der Waals surface area contributed by atoms with Crippen LogP contribution in [0, 0.1) is 18.8 Å². The normalized spacial score (nSPS) is 12.6. The largest absolute Gasteiger partial charge is 0.443 e. The zero-order valence-corrected chi connectivity index (χ0v) is 25.1. The number of amides is 3. The number of nitrogens with one attached hydrogen (secondary N) is 1. The van der Waals surface area contributed by atoms with Gasteiger partial charge in [0, 0.05) is 43.2 Å². The minimum Gasteiger partial charge on any atom is -0.443 e. The molecule has 0 aliphatic carbocycles. The molecule has 2 aromatic carbocycles. The van der Waals surface area contributed by atoms with E-state index >= 15 is 0 Å². The highest BCUT2D eigenvalue weighted by Gasteiger charge is 2.35. The fraction of sp³-hybridized carbons (Fsp3) is 0.242. The fourth-order valence-corrected chi connectivity index (χ4v) is 4.67. The summed E-state index contributed by atoms with van der Waals surface area (Å²) in [5.74, 6) is 6.22. The molecule has 3 N–H and O–H groups in total. The third-order valence-corrected chi connectivity index (χ3v) is 6.75. The van der Waals surface area contributed by atoms with Crippen LogP contribution in [0.3, 0.4) is 0 Å². The third kappa shape index (κ3) is 6.71. The van der Waals surface area contributed by atoms with E-state index in [0.29, 0.717) is 45.9 Å². The Hall–Kier alpha value is -5.63. The van der Waals surface area contributed by atoms with Gasteiger partial charge in [-0.3, -0.25) is 10.1 Å². The quantitative estimate of drug-likeness (QED) is 0.305. The minimum atomic E-state index is -0.730. The zero-order chi connectivity index (χ0) is 31.6. The fourth-order valence-electron chi connectivity index (χ4n) is 4.67. The number of aryl methyl sites for hydroxylation is 1. The Kier molecular flexibility index (Phi) is 8.09. The minimum absolute atomic E-state index is 0.0460.